The van der Waals surface area contributed by atoms with Gasteiger partial charge in [0.05, 0.1) is 12.3 Å². The van der Waals surface area contributed by atoms with Crippen LogP contribution in [0.5, 0.6) is 5.75 Å². The van der Waals surface area contributed by atoms with E-state index in [2.05, 4.69) is 15.6 Å². The van der Waals surface area contributed by atoms with E-state index >= 15 is 0 Å². The second-order valence-electron chi connectivity index (χ2n) is 6.25. The number of carbonyl (C=O) groups is 2. The number of rotatable bonds is 6. The van der Waals surface area contributed by atoms with E-state index in [-0.39, 0.29) is 29.2 Å². The summed E-state index contributed by atoms with van der Waals surface area (Å²) in [5.41, 5.74) is 1.01. The molecule has 2 N–H and O–H groups in total. The minimum absolute atomic E-state index is 0.190. The minimum Gasteiger partial charge on any atom is -0.492 e. The van der Waals surface area contributed by atoms with Gasteiger partial charge in [-0.2, -0.15) is 0 Å². The van der Waals surface area contributed by atoms with Crippen molar-refractivity contribution in [1.29, 1.82) is 0 Å². The van der Waals surface area contributed by atoms with Gasteiger partial charge in [-0.05, 0) is 44.0 Å². The van der Waals surface area contributed by atoms with E-state index in [1.54, 1.807) is 30.3 Å². The molecule has 1 saturated carbocycles. The fraction of sp³-hybridized carbons (Fsp3) is 0.350. The summed E-state index contributed by atoms with van der Waals surface area (Å²) in [6.45, 7) is 2.38. The van der Waals surface area contributed by atoms with Gasteiger partial charge < -0.3 is 15.4 Å². The van der Waals surface area contributed by atoms with Gasteiger partial charge in [-0.3, -0.25) is 9.59 Å². The van der Waals surface area contributed by atoms with Crippen molar-refractivity contribution in [2.45, 2.75) is 38.6 Å². The van der Waals surface area contributed by atoms with Gasteiger partial charge in [0, 0.05) is 6.04 Å². The molecular formula is C20H23N3O3. The number of anilines is 1. The number of aromatic nitrogens is 1. The third-order valence-electron chi connectivity index (χ3n) is 4.34. The summed E-state index contributed by atoms with van der Waals surface area (Å²) in [7, 11) is 0. The Kier molecular flexibility index (Phi) is 5.84. The Labute approximate surface area is 153 Å². The van der Waals surface area contributed by atoms with Crippen LogP contribution in [0.1, 0.15) is 53.6 Å². The van der Waals surface area contributed by atoms with E-state index in [1.807, 2.05) is 19.1 Å². The van der Waals surface area contributed by atoms with Crippen molar-refractivity contribution in [1.82, 2.24) is 10.3 Å². The number of ether oxygens (including phenoxy) is 1. The van der Waals surface area contributed by atoms with Crippen LogP contribution in [0.3, 0.4) is 0 Å². The lowest BCUT2D eigenvalue weighted by molar-refractivity contribution is 0.0932. The number of nitrogens with zero attached hydrogens (tertiary/aromatic N) is 1. The highest BCUT2D eigenvalue weighted by molar-refractivity contribution is 6.04. The molecule has 3 rings (SSSR count). The maximum Gasteiger partial charge on any atom is 0.274 e. The molecule has 1 aromatic heterocycles. The van der Waals surface area contributed by atoms with Gasteiger partial charge in [0.1, 0.15) is 17.1 Å². The smallest absolute Gasteiger partial charge is 0.274 e. The predicted octanol–water partition coefficient (Wildman–Crippen LogP) is 3.41. The average Bonchev–Trinajstić information content (AvgIpc) is 3.16. The molecule has 1 aliphatic rings. The van der Waals surface area contributed by atoms with Gasteiger partial charge in [-0.25, -0.2) is 4.98 Å². The standard InChI is InChI=1S/C20H23N3O3/c1-2-26-18-13-6-5-10-15(18)23-20(25)17-12-7-11-16(22-17)19(24)21-14-8-3-4-9-14/h5-7,10-14H,2-4,8-9H2,1H3,(H,21,24)(H,23,25). The molecule has 0 spiro atoms. The fourth-order valence-electron chi connectivity index (χ4n) is 3.05. The van der Waals surface area contributed by atoms with Crippen LogP contribution in [0.4, 0.5) is 5.69 Å². The number of amides is 2. The summed E-state index contributed by atoms with van der Waals surface area (Å²) in [5, 5.41) is 5.78. The van der Waals surface area contributed by atoms with E-state index in [9.17, 15) is 9.59 Å². The largest absolute Gasteiger partial charge is 0.492 e. The monoisotopic (exact) mass is 353 g/mol. The SMILES string of the molecule is CCOc1ccccc1NC(=O)c1cccc(C(=O)NC2CCCC2)n1. The predicted molar refractivity (Wildman–Crippen MR) is 99.5 cm³/mol. The summed E-state index contributed by atoms with van der Waals surface area (Å²) in [4.78, 5) is 29.1. The molecule has 0 unspecified atom stereocenters. The third kappa shape index (κ3) is 4.39. The molecule has 1 aromatic carbocycles. The lowest BCUT2D eigenvalue weighted by atomic mass is 10.2. The molecule has 6 heteroatoms. The Hall–Kier alpha value is -2.89. The van der Waals surface area contributed by atoms with Gasteiger partial charge in [0.2, 0.25) is 0 Å². The maximum atomic E-state index is 12.5. The van der Waals surface area contributed by atoms with Crippen LogP contribution < -0.4 is 15.4 Å². The van der Waals surface area contributed by atoms with Gasteiger partial charge >= 0.3 is 0 Å². The van der Waals surface area contributed by atoms with Crippen LogP contribution in [-0.4, -0.2) is 29.4 Å². The van der Waals surface area contributed by atoms with E-state index in [1.165, 1.54) is 0 Å². The topological polar surface area (TPSA) is 80.3 Å². The first-order chi connectivity index (χ1) is 12.7. The van der Waals surface area contributed by atoms with Crippen molar-refractivity contribution in [3.8, 4) is 5.75 Å². The van der Waals surface area contributed by atoms with Gasteiger partial charge in [-0.1, -0.05) is 31.0 Å². The maximum absolute atomic E-state index is 12.5. The zero-order valence-electron chi connectivity index (χ0n) is 14.8. The molecular weight excluding hydrogens is 330 g/mol. The molecule has 0 bridgehead atoms. The first kappa shape index (κ1) is 17.9. The molecule has 0 atom stereocenters. The van der Waals surface area contributed by atoms with Crippen molar-refractivity contribution in [3.63, 3.8) is 0 Å². The second kappa shape index (κ2) is 8.47. The molecule has 0 aliphatic heterocycles. The fourth-order valence-corrected chi connectivity index (χ4v) is 3.05. The molecule has 0 radical (unpaired) electrons. The van der Waals surface area contributed by atoms with E-state index in [0.717, 1.165) is 25.7 Å². The molecule has 136 valence electrons. The van der Waals surface area contributed by atoms with E-state index < -0.39 is 0 Å². The van der Waals surface area contributed by atoms with Crippen LogP contribution >= 0.6 is 0 Å². The minimum atomic E-state index is -0.382. The molecule has 6 nitrogen and oxygen atoms in total. The second-order valence-corrected chi connectivity index (χ2v) is 6.25. The van der Waals surface area contributed by atoms with Gasteiger partial charge in [0.25, 0.3) is 11.8 Å². The van der Waals surface area contributed by atoms with Crippen molar-refractivity contribution in [3.05, 3.63) is 53.9 Å². The normalized spacial score (nSPS) is 14.0. The quantitative estimate of drug-likeness (QED) is 0.834. The lowest BCUT2D eigenvalue weighted by Gasteiger charge is -2.13. The first-order valence-electron chi connectivity index (χ1n) is 8.98. The Balaban J connectivity index is 1.71. The number of hydrogen-bond acceptors (Lipinski definition) is 4. The molecule has 26 heavy (non-hydrogen) atoms. The Morgan fingerprint density at radius 1 is 1.04 bits per heavy atom. The van der Waals surface area contributed by atoms with Crippen LogP contribution in [0.25, 0.3) is 0 Å². The summed E-state index contributed by atoms with van der Waals surface area (Å²) in [6.07, 6.45) is 4.28. The first-order valence-corrected chi connectivity index (χ1v) is 8.98. The van der Waals surface area contributed by atoms with Crippen LogP contribution in [-0.2, 0) is 0 Å². The molecule has 1 aliphatic carbocycles. The number of benzene rings is 1. The highest BCUT2D eigenvalue weighted by atomic mass is 16.5. The molecule has 2 amide bonds. The number of para-hydroxylation sites is 2. The van der Waals surface area contributed by atoms with Crippen molar-refractivity contribution in [2.24, 2.45) is 0 Å². The van der Waals surface area contributed by atoms with Crippen LogP contribution in [0.15, 0.2) is 42.5 Å². The number of nitrogens with one attached hydrogen (secondary N) is 2. The number of pyridine rings is 1. The third-order valence-corrected chi connectivity index (χ3v) is 4.34. The Morgan fingerprint density at radius 3 is 2.46 bits per heavy atom. The summed E-state index contributed by atoms with van der Waals surface area (Å²) < 4.78 is 5.51. The Bertz CT molecular complexity index is 785. The van der Waals surface area contributed by atoms with Crippen LogP contribution in [0.2, 0.25) is 0 Å². The molecule has 2 aromatic rings. The van der Waals surface area contributed by atoms with Crippen LogP contribution in [0, 0.1) is 0 Å². The molecule has 1 fully saturated rings. The van der Waals surface area contributed by atoms with Gasteiger partial charge in [-0.15, -0.1) is 0 Å². The van der Waals surface area contributed by atoms with E-state index in [4.69, 9.17) is 4.74 Å². The summed E-state index contributed by atoms with van der Waals surface area (Å²) in [5.74, 6) is -0.0209. The zero-order valence-corrected chi connectivity index (χ0v) is 14.8. The number of hydrogen-bond donors (Lipinski definition) is 2. The highest BCUT2D eigenvalue weighted by Gasteiger charge is 2.19. The lowest BCUT2D eigenvalue weighted by Crippen LogP contribution is -2.33. The summed E-state index contributed by atoms with van der Waals surface area (Å²) in [6, 6.07) is 12.3. The van der Waals surface area contributed by atoms with Crippen molar-refractivity contribution < 1.29 is 14.3 Å². The molecule has 1 heterocycles. The highest BCUT2D eigenvalue weighted by Crippen LogP contribution is 2.24. The van der Waals surface area contributed by atoms with Crippen molar-refractivity contribution in [2.75, 3.05) is 11.9 Å². The van der Waals surface area contributed by atoms with Crippen molar-refractivity contribution >= 4 is 17.5 Å². The average molecular weight is 353 g/mol. The molecule has 0 saturated heterocycles. The van der Waals surface area contributed by atoms with Gasteiger partial charge in [0.15, 0.2) is 0 Å². The number of carbonyl (C=O) groups excluding carboxylic acids is 2. The Morgan fingerprint density at radius 2 is 1.73 bits per heavy atom. The van der Waals surface area contributed by atoms with E-state index in [0.29, 0.717) is 18.0 Å². The summed E-state index contributed by atoms with van der Waals surface area (Å²) >= 11 is 0. The zero-order chi connectivity index (χ0) is 18.4.